The molecule has 36 heavy (non-hydrogen) atoms. The van der Waals surface area contributed by atoms with E-state index in [1.165, 1.54) is 25.3 Å². The Labute approximate surface area is 216 Å². The Morgan fingerprint density at radius 2 is 1.50 bits per heavy atom. The maximum absolute atomic E-state index is 12.7. The predicted octanol–water partition coefficient (Wildman–Crippen LogP) is 4.65. The van der Waals surface area contributed by atoms with E-state index < -0.39 is 15.9 Å². The summed E-state index contributed by atoms with van der Waals surface area (Å²) in [5, 5.41) is 5.48. The second-order valence-corrected chi connectivity index (χ2v) is 9.99. The first-order valence-electron chi connectivity index (χ1n) is 10.8. The lowest BCUT2D eigenvalue weighted by Crippen LogP contribution is -2.32. The molecule has 0 saturated carbocycles. The van der Waals surface area contributed by atoms with Gasteiger partial charge in [-0.2, -0.15) is 0 Å². The first kappa shape index (κ1) is 26.7. The van der Waals surface area contributed by atoms with E-state index in [1.807, 2.05) is 19.9 Å². The SMILES string of the molecule is COc1ccc(/C=C/C(=O)NC(=S)Nc2ccc(S(=O)(=O)Nc3cc(C)cc(C)c3)cc2)cc1OC. The number of rotatable bonds is 8. The summed E-state index contributed by atoms with van der Waals surface area (Å²) in [4.78, 5) is 12.3. The number of sulfonamides is 1. The molecule has 3 aromatic carbocycles. The Balaban J connectivity index is 1.58. The van der Waals surface area contributed by atoms with E-state index in [4.69, 9.17) is 21.7 Å². The van der Waals surface area contributed by atoms with E-state index in [0.717, 1.165) is 16.7 Å². The third kappa shape index (κ3) is 7.30. The molecule has 0 radical (unpaired) electrons. The highest BCUT2D eigenvalue weighted by Gasteiger charge is 2.15. The molecule has 0 fully saturated rings. The predicted molar refractivity (Wildman–Crippen MR) is 146 cm³/mol. The number of benzene rings is 3. The van der Waals surface area contributed by atoms with Gasteiger partial charge in [0.1, 0.15) is 0 Å². The van der Waals surface area contributed by atoms with Crippen LogP contribution in [0.1, 0.15) is 16.7 Å². The molecule has 1 amide bonds. The number of carbonyl (C=O) groups excluding carboxylic acids is 1. The second-order valence-electron chi connectivity index (χ2n) is 7.90. The topological polar surface area (TPSA) is 106 Å². The summed E-state index contributed by atoms with van der Waals surface area (Å²) in [6.45, 7) is 3.80. The van der Waals surface area contributed by atoms with E-state index in [9.17, 15) is 13.2 Å². The fraction of sp³-hybridized carbons (Fsp3) is 0.154. The van der Waals surface area contributed by atoms with Crippen LogP contribution in [0.4, 0.5) is 11.4 Å². The highest BCUT2D eigenvalue weighted by Crippen LogP contribution is 2.28. The number of ether oxygens (including phenoxy) is 2. The fourth-order valence-corrected chi connectivity index (χ4v) is 4.67. The minimum Gasteiger partial charge on any atom is -0.493 e. The number of carbonyl (C=O) groups is 1. The minimum atomic E-state index is -3.76. The molecule has 0 bridgehead atoms. The van der Waals surface area contributed by atoms with E-state index in [1.54, 1.807) is 55.7 Å². The lowest BCUT2D eigenvalue weighted by Gasteiger charge is -2.11. The van der Waals surface area contributed by atoms with Crippen LogP contribution < -0.4 is 24.8 Å². The third-order valence-electron chi connectivity index (χ3n) is 4.97. The van der Waals surface area contributed by atoms with E-state index in [2.05, 4.69) is 15.4 Å². The van der Waals surface area contributed by atoms with Crippen LogP contribution in [-0.4, -0.2) is 33.7 Å². The van der Waals surface area contributed by atoms with Crippen molar-refractivity contribution in [1.29, 1.82) is 0 Å². The molecule has 0 aliphatic rings. The standard InChI is InChI=1S/C26H27N3O5S2/c1-17-13-18(2)15-21(14-17)29-36(31,32)22-9-7-20(8-10-22)27-26(35)28-25(30)12-6-19-5-11-23(33-3)24(16-19)34-4/h5-16,29H,1-4H3,(H2,27,28,30,35)/b12-6+. The number of thiocarbonyl (C=S) groups is 1. The van der Waals surface area contributed by atoms with Gasteiger partial charge in [-0.3, -0.25) is 14.8 Å². The molecule has 3 rings (SSSR count). The van der Waals surface area contributed by atoms with E-state index >= 15 is 0 Å². The highest BCUT2D eigenvalue weighted by molar-refractivity contribution is 7.92. The molecule has 10 heteroatoms. The Bertz CT molecular complexity index is 1380. The summed E-state index contributed by atoms with van der Waals surface area (Å²) in [7, 11) is -0.681. The first-order chi connectivity index (χ1) is 17.1. The number of hydrogen-bond acceptors (Lipinski definition) is 6. The molecule has 0 heterocycles. The van der Waals surface area contributed by atoms with Gasteiger partial charge >= 0.3 is 0 Å². The number of hydrogen-bond donors (Lipinski definition) is 3. The van der Waals surface area contributed by atoms with Gasteiger partial charge in [0.25, 0.3) is 10.0 Å². The molecule has 0 aliphatic carbocycles. The summed E-state index contributed by atoms with van der Waals surface area (Å²) < 4.78 is 38.5. The van der Waals surface area contributed by atoms with Crippen LogP contribution in [0.3, 0.4) is 0 Å². The van der Waals surface area contributed by atoms with Crippen LogP contribution in [0.5, 0.6) is 11.5 Å². The second kappa shape index (κ2) is 11.7. The fourth-order valence-electron chi connectivity index (χ4n) is 3.41. The van der Waals surface area contributed by atoms with Crippen LogP contribution in [0.2, 0.25) is 0 Å². The molecule has 0 spiro atoms. The van der Waals surface area contributed by atoms with Crippen LogP contribution >= 0.6 is 12.2 Å². The van der Waals surface area contributed by atoms with Crippen LogP contribution in [0, 0.1) is 13.8 Å². The average molecular weight is 526 g/mol. The first-order valence-corrected chi connectivity index (χ1v) is 12.7. The molecule has 8 nitrogen and oxygen atoms in total. The van der Waals surface area contributed by atoms with Crippen LogP contribution in [0.25, 0.3) is 6.08 Å². The van der Waals surface area contributed by atoms with Crippen molar-refractivity contribution in [2.75, 3.05) is 24.3 Å². The summed E-state index contributed by atoms with van der Waals surface area (Å²) in [6.07, 6.45) is 2.95. The Morgan fingerprint density at radius 3 is 2.11 bits per heavy atom. The van der Waals surface area contributed by atoms with Crippen molar-refractivity contribution in [3.05, 3.63) is 83.4 Å². The van der Waals surface area contributed by atoms with Crippen molar-refractivity contribution >= 4 is 50.7 Å². The lowest BCUT2D eigenvalue weighted by atomic mass is 10.1. The molecule has 0 unspecified atom stereocenters. The van der Waals surface area contributed by atoms with Crippen molar-refractivity contribution in [2.24, 2.45) is 0 Å². The normalized spacial score (nSPS) is 11.1. The van der Waals surface area contributed by atoms with Gasteiger partial charge in [-0.05, 0) is 97.4 Å². The Hall–Kier alpha value is -3.89. The number of amides is 1. The molecule has 0 aromatic heterocycles. The van der Waals surface area contributed by atoms with Gasteiger partial charge in [-0.25, -0.2) is 8.42 Å². The van der Waals surface area contributed by atoms with Crippen molar-refractivity contribution < 1.29 is 22.7 Å². The molecular formula is C26H27N3O5S2. The summed E-state index contributed by atoms with van der Waals surface area (Å²) >= 11 is 5.19. The maximum atomic E-state index is 12.7. The zero-order valence-corrected chi connectivity index (χ0v) is 21.9. The van der Waals surface area contributed by atoms with Gasteiger partial charge in [0.2, 0.25) is 5.91 Å². The molecule has 188 valence electrons. The maximum Gasteiger partial charge on any atom is 0.261 e. The van der Waals surface area contributed by atoms with Crippen molar-refractivity contribution in [3.8, 4) is 11.5 Å². The van der Waals surface area contributed by atoms with Gasteiger partial charge in [0.05, 0.1) is 19.1 Å². The molecule has 0 aliphatic heterocycles. The van der Waals surface area contributed by atoms with Gasteiger partial charge in [-0.1, -0.05) is 12.1 Å². The van der Waals surface area contributed by atoms with Crippen molar-refractivity contribution in [3.63, 3.8) is 0 Å². The van der Waals surface area contributed by atoms with Gasteiger partial charge in [0, 0.05) is 17.5 Å². The summed E-state index contributed by atoms with van der Waals surface area (Å²) in [5.74, 6) is 0.704. The van der Waals surface area contributed by atoms with Crippen molar-refractivity contribution in [2.45, 2.75) is 18.7 Å². The van der Waals surface area contributed by atoms with Gasteiger partial charge in [0.15, 0.2) is 16.6 Å². The molecule has 0 atom stereocenters. The largest absolute Gasteiger partial charge is 0.493 e. The minimum absolute atomic E-state index is 0.0703. The summed E-state index contributed by atoms with van der Waals surface area (Å²) in [6, 6.07) is 16.8. The van der Waals surface area contributed by atoms with Crippen LogP contribution in [-0.2, 0) is 14.8 Å². The quantitative estimate of drug-likeness (QED) is 0.290. The summed E-state index contributed by atoms with van der Waals surface area (Å²) in [5.41, 5.74) is 3.69. The molecule has 3 N–H and O–H groups in total. The number of aryl methyl sites for hydroxylation is 2. The lowest BCUT2D eigenvalue weighted by molar-refractivity contribution is -0.115. The Morgan fingerprint density at radius 1 is 0.861 bits per heavy atom. The third-order valence-corrected chi connectivity index (χ3v) is 6.57. The average Bonchev–Trinajstić information content (AvgIpc) is 2.81. The molecular weight excluding hydrogens is 498 g/mol. The van der Waals surface area contributed by atoms with E-state index in [-0.39, 0.29) is 10.0 Å². The van der Waals surface area contributed by atoms with Gasteiger partial charge < -0.3 is 14.8 Å². The van der Waals surface area contributed by atoms with Crippen LogP contribution in [0.15, 0.2) is 71.6 Å². The zero-order chi connectivity index (χ0) is 26.3. The smallest absolute Gasteiger partial charge is 0.261 e. The zero-order valence-electron chi connectivity index (χ0n) is 20.3. The van der Waals surface area contributed by atoms with Crippen molar-refractivity contribution in [1.82, 2.24) is 5.32 Å². The number of methoxy groups -OCH3 is 2. The molecule has 3 aromatic rings. The number of anilines is 2. The number of nitrogens with one attached hydrogen (secondary N) is 3. The van der Waals surface area contributed by atoms with Gasteiger partial charge in [-0.15, -0.1) is 0 Å². The van der Waals surface area contributed by atoms with E-state index in [0.29, 0.717) is 22.9 Å². The molecule has 0 saturated heterocycles. The monoisotopic (exact) mass is 525 g/mol. The Kier molecular flexibility index (Phi) is 8.68. The highest BCUT2D eigenvalue weighted by atomic mass is 32.2.